The molecule has 1 aliphatic rings. The first-order valence-electron chi connectivity index (χ1n) is 13.1. The molecule has 1 atom stereocenters. The third-order valence-corrected chi connectivity index (χ3v) is 7.37. The molecular weight excluding hydrogens is 460 g/mol. The molecule has 192 valence electrons. The molecule has 0 bridgehead atoms. The van der Waals surface area contributed by atoms with Crippen molar-refractivity contribution in [2.45, 2.75) is 38.0 Å². The highest BCUT2D eigenvalue weighted by atomic mass is 16.5. The smallest absolute Gasteiger partial charge is 0.161 e. The van der Waals surface area contributed by atoms with Crippen molar-refractivity contribution in [1.82, 2.24) is 4.90 Å². The first-order valence-corrected chi connectivity index (χ1v) is 13.1. The molecule has 0 aromatic heterocycles. The number of hydrogen-bond donors (Lipinski definition) is 0. The van der Waals surface area contributed by atoms with Gasteiger partial charge in [0.2, 0.25) is 0 Å². The molecule has 0 spiro atoms. The van der Waals surface area contributed by atoms with Crippen molar-refractivity contribution in [2.75, 3.05) is 33.4 Å². The van der Waals surface area contributed by atoms with E-state index in [1.165, 1.54) is 0 Å². The van der Waals surface area contributed by atoms with Crippen molar-refractivity contribution in [3.63, 3.8) is 0 Å². The van der Waals surface area contributed by atoms with E-state index < -0.39 is 5.41 Å². The molecular formula is C32H36N2O3. The van der Waals surface area contributed by atoms with Crippen LogP contribution in [0, 0.1) is 17.2 Å². The highest BCUT2D eigenvalue weighted by Gasteiger charge is 2.38. The van der Waals surface area contributed by atoms with Gasteiger partial charge in [0, 0.05) is 18.7 Å². The summed E-state index contributed by atoms with van der Waals surface area (Å²) in [4.78, 5) is 14.1. The maximum atomic E-state index is 11.6. The molecule has 3 aromatic carbocycles. The predicted octanol–water partition coefficient (Wildman–Crippen LogP) is 6.28. The lowest BCUT2D eigenvalue weighted by Gasteiger charge is -2.37. The molecule has 1 unspecified atom stereocenters. The summed E-state index contributed by atoms with van der Waals surface area (Å²) in [7, 11) is 1.59. The minimum absolute atomic E-state index is 0.00412. The van der Waals surface area contributed by atoms with Crippen LogP contribution in [-0.2, 0) is 5.41 Å². The van der Waals surface area contributed by atoms with E-state index in [1.807, 2.05) is 36.4 Å². The van der Waals surface area contributed by atoms with Gasteiger partial charge < -0.3 is 14.4 Å². The van der Waals surface area contributed by atoms with E-state index in [-0.39, 0.29) is 5.78 Å². The van der Waals surface area contributed by atoms with Gasteiger partial charge in [-0.15, -0.1) is 0 Å². The number of likely N-dealkylation sites (tertiary alicyclic amines) is 1. The van der Waals surface area contributed by atoms with E-state index >= 15 is 0 Å². The molecule has 1 heterocycles. The van der Waals surface area contributed by atoms with Gasteiger partial charge >= 0.3 is 0 Å². The van der Waals surface area contributed by atoms with Crippen molar-refractivity contribution in [3.05, 3.63) is 95.6 Å². The standard InChI is InChI=1S/C32H36N2O3/c1-25(35)27-16-17-30(31(21-27)36-2)37-20-10-19-34-18-9-11-26(23-34)22-32(24-33,28-12-5-3-6-13-28)29-14-7-4-8-15-29/h3-8,12-17,21,26H,9-11,18-20,22-23H2,1-2H3. The number of piperidine rings is 1. The lowest BCUT2D eigenvalue weighted by molar-refractivity contribution is 0.101. The Kier molecular flexibility index (Phi) is 8.98. The Balaban J connectivity index is 1.37. The molecule has 0 radical (unpaired) electrons. The maximum Gasteiger partial charge on any atom is 0.161 e. The Labute approximate surface area is 220 Å². The molecule has 5 nitrogen and oxygen atoms in total. The molecule has 5 heteroatoms. The first kappa shape index (κ1) is 26.4. The second-order valence-corrected chi connectivity index (χ2v) is 9.89. The lowest BCUT2D eigenvalue weighted by atomic mass is 9.69. The zero-order valence-electron chi connectivity index (χ0n) is 21.9. The van der Waals surface area contributed by atoms with Gasteiger partial charge in [-0.2, -0.15) is 5.26 Å². The molecule has 37 heavy (non-hydrogen) atoms. The summed E-state index contributed by atoms with van der Waals surface area (Å²) >= 11 is 0. The van der Waals surface area contributed by atoms with E-state index in [4.69, 9.17) is 9.47 Å². The Morgan fingerprint density at radius 3 is 2.30 bits per heavy atom. The number of hydrogen-bond acceptors (Lipinski definition) is 5. The highest BCUT2D eigenvalue weighted by molar-refractivity contribution is 5.94. The number of nitrogens with zero attached hydrogens (tertiary/aromatic N) is 2. The van der Waals surface area contributed by atoms with Crippen LogP contribution < -0.4 is 9.47 Å². The van der Waals surface area contributed by atoms with E-state index in [0.29, 0.717) is 29.6 Å². The van der Waals surface area contributed by atoms with E-state index in [0.717, 1.165) is 56.4 Å². The average molecular weight is 497 g/mol. The van der Waals surface area contributed by atoms with E-state index in [1.54, 1.807) is 32.2 Å². The molecule has 3 aromatic rings. The van der Waals surface area contributed by atoms with Crippen LogP contribution in [0.3, 0.4) is 0 Å². The van der Waals surface area contributed by atoms with Crippen molar-refractivity contribution < 1.29 is 14.3 Å². The Morgan fingerprint density at radius 2 is 1.70 bits per heavy atom. The van der Waals surface area contributed by atoms with Crippen LogP contribution in [0.4, 0.5) is 0 Å². The van der Waals surface area contributed by atoms with Crippen LogP contribution in [0.2, 0.25) is 0 Å². The van der Waals surface area contributed by atoms with Crippen molar-refractivity contribution in [1.29, 1.82) is 5.26 Å². The van der Waals surface area contributed by atoms with Crippen LogP contribution in [0.25, 0.3) is 0 Å². The van der Waals surface area contributed by atoms with Gasteiger partial charge in [-0.05, 0) is 74.4 Å². The number of carbonyl (C=O) groups excluding carboxylic acids is 1. The molecule has 0 N–H and O–H groups in total. The Bertz CT molecular complexity index is 1160. The Hall–Kier alpha value is -3.62. The van der Waals surface area contributed by atoms with Crippen LogP contribution in [0.1, 0.15) is 54.1 Å². The zero-order chi connectivity index (χ0) is 26.1. The van der Waals surface area contributed by atoms with Crippen LogP contribution in [-0.4, -0.2) is 44.0 Å². The van der Waals surface area contributed by atoms with Gasteiger partial charge in [-0.3, -0.25) is 4.79 Å². The zero-order valence-corrected chi connectivity index (χ0v) is 21.9. The molecule has 0 aliphatic carbocycles. The summed E-state index contributed by atoms with van der Waals surface area (Å²) in [6.45, 7) is 5.12. The van der Waals surface area contributed by atoms with Gasteiger partial charge in [0.15, 0.2) is 17.3 Å². The quantitative estimate of drug-likeness (QED) is 0.231. The van der Waals surface area contributed by atoms with Gasteiger partial charge in [0.05, 0.1) is 19.8 Å². The van der Waals surface area contributed by atoms with Crippen LogP contribution in [0.5, 0.6) is 11.5 Å². The number of rotatable bonds is 11. The molecule has 1 fully saturated rings. The van der Waals surface area contributed by atoms with E-state index in [9.17, 15) is 10.1 Å². The fourth-order valence-corrected chi connectivity index (χ4v) is 5.45. The summed E-state index contributed by atoms with van der Waals surface area (Å²) in [6, 6.07) is 28.5. The number of ether oxygens (including phenoxy) is 2. The minimum atomic E-state index is -0.651. The van der Waals surface area contributed by atoms with Gasteiger partial charge in [0.1, 0.15) is 5.41 Å². The second kappa shape index (κ2) is 12.6. The highest BCUT2D eigenvalue weighted by Crippen LogP contribution is 2.40. The van der Waals surface area contributed by atoms with Crippen molar-refractivity contribution >= 4 is 5.78 Å². The van der Waals surface area contributed by atoms with Crippen molar-refractivity contribution in [3.8, 4) is 17.6 Å². The maximum absolute atomic E-state index is 11.6. The molecule has 1 saturated heterocycles. The number of ketones is 1. The average Bonchev–Trinajstić information content (AvgIpc) is 2.95. The van der Waals surface area contributed by atoms with Crippen LogP contribution >= 0.6 is 0 Å². The molecule has 4 rings (SSSR count). The largest absolute Gasteiger partial charge is 0.493 e. The molecule has 1 aliphatic heterocycles. The summed E-state index contributed by atoms with van der Waals surface area (Å²) in [6.07, 6.45) is 3.97. The number of Topliss-reactive ketones (excluding diaryl/α,β-unsaturated/α-hetero) is 1. The third kappa shape index (κ3) is 6.39. The lowest BCUT2D eigenvalue weighted by Crippen LogP contribution is -2.40. The van der Waals surface area contributed by atoms with Gasteiger partial charge in [0.25, 0.3) is 0 Å². The fourth-order valence-electron chi connectivity index (χ4n) is 5.45. The Morgan fingerprint density at radius 1 is 1.03 bits per heavy atom. The van der Waals surface area contributed by atoms with Gasteiger partial charge in [-0.25, -0.2) is 0 Å². The summed E-state index contributed by atoms with van der Waals surface area (Å²) < 4.78 is 11.4. The molecule has 0 amide bonds. The van der Waals surface area contributed by atoms with Gasteiger partial charge in [-0.1, -0.05) is 60.7 Å². The third-order valence-electron chi connectivity index (χ3n) is 7.37. The normalized spacial score (nSPS) is 16.1. The monoisotopic (exact) mass is 496 g/mol. The minimum Gasteiger partial charge on any atom is -0.493 e. The first-order chi connectivity index (χ1) is 18.1. The summed E-state index contributed by atoms with van der Waals surface area (Å²) in [5.74, 6) is 1.69. The van der Waals surface area contributed by atoms with Crippen molar-refractivity contribution in [2.24, 2.45) is 5.92 Å². The van der Waals surface area contributed by atoms with E-state index in [2.05, 4.69) is 35.2 Å². The number of methoxy groups -OCH3 is 1. The summed E-state index contributed by atoms with van der Waals surface area (Å²) in [5.41, 5.74) is 2.10. The SMILES string of the molecule is COc1cc(C(C)=O)ccc1OCCCN1CCCC(CC(C#N)(c2ccccc2)c2ccccc2)C1. The summed E-state index contributed by atoms with van der Waals surface area (Å²) in [5, 5.41) is 10.5. The predicted molar refractivity (Wildman–Crippen MR) is 146 cm³/mol. The number of nitriles is 1. The topological polar surface area (TPSA) is 62.6 Å². The number of benzene rings is 3. The second-order valence-electron chi connectivity index (χ2n) is 9.89. The molecule has 0 saturated carbocycles. The van der Waals surface area contributed by atoms with Crippen LogP contribution in [0.15, 0.2) is 78.9 Å². The fraction of sp³-hybridized carbons (Fsp3) is 0.375. The number of carbonyl (C=O) groups is 1.